The average Bonchev–Trinajstić information content (AvgIpc) is 3.14. The van der Waals surface area contributed by atoms with E-state index in [2.05, 4.69) is 39.0 Å². The zero-order valence-electron chi connectivity index (χ0n) is 34.1. The molecule has 0 aromatic rings. The molecule has 312 valence electrons. The first kappa shape index (κ1) is 51.6. The number of carboxylic acid groups (broad SMARTS) is 1. The fourth-order valence-corrected chi connectivity index (χ4v) is 6.78. The molecule has 0 heterocycles. The van der Waals surface area contributed by atoms with Gasteiger partial charge in [0.2, 0.25) is 0 Å². The van der Waals surface area contributed by atoms with E-state index in [0.29, 0.717) is 12.8 Å². The second kappa shape index (κ2) is 37.5. The minimum atomic E-state index is -1.16. The standard InChI is InChI=1S/C44H77NO8S/c1-4-5-6-7-8-9-10-14-17-20-23-26-31-41(40(47)30-28-32-42(48)49)54-36-39(45)44(51)53-35-38(46)34-52-43(50)33-27-24-21-18-15-12-11-13-16-19-22-25-29-37(2)3/h8-9,14,17,20,23,26,31,37-41,46-47H,4-7,10-13,15-16,18-19,21-22,24-25,27-30,32-36,45H2,1-3H3,(H,48,49)/b9-8-,17-14-,23-20+,31-26+/t38-,39+,40+,41-/m1/s1. The molecule has 0 fully saturated rings. The van der Waals surface area contributed by atoms with Crippen molar-refractivity contribution in [3.8, 4) is 0 Å². The second-order valence-electron chi connectivity index (χ2n) is 14.8. The van der Waals surface area contributed by atoms with Crippen molar-refractivity contribution >= 4 is 29.7 Å². The summed E-state index contributed by atoms with van der Waals surface area (Å²) in [5, 5.41) is 29.5. The van der Waals surface area contributed by atoms with Gasteiger partial charge < -0.3 is 30.5 Å². The Hall–Kier alpha value is -2.40. The largest absolute Gasteiger partial charge is 0.481 e. The van der Waals surface area contributed by atoms with E-state index in [1.165, 1.54) is 95.2 Å². The molecule has 4 atom stereocenters. The van der Waals surface area contributed by atoms with Crippen LogP contribution in [0, 0.1) is 5.92 Å². The average molecular weight is 780 g/mol. The maximum absolute atomic E-state index is 12.5. The van der Waals surface area contributed by atoms with E-state index >= 15 is 0 Å². The number of hydrogen-bond acceptors (Lipinski definition) is 9. The van der Waals surface area contributed by atoms with Gasteiger partial charge >= 0.3 is 17.9 Å². The minimum absolute atomic E-state index is 0.0431. The molecule has 0 aliphatic carbocycles. The summed E-state index contributed by atoms with van der Waals surface area (Å²) in [6, 6.07) is -1.01. The summed E-state index contributed by atoms with van der Waals surface area (Å²) < 4.78 is 10.3. The number of carbonyl (C=O) groups excluding carboxylic acids is 2. The molecule has 0 amide bonds. The Morgan fingerprint density at radius 2 is 1.30 bits per heavy atom. The van der Waals surface area contributed by atoms with Crippen LogP contribution in [0.1, 0.15) is 162 Å². The maximum atomic E-state index is 12.5. The van der Waals surface area contributed by atoms with Crippen LogP contribution in [0.3, 0.4) is 0 Å². The number of nitrogens with two attached hydrogens (primary N) is 1. The van der Waals surface area contributed by atoms with E-state index in [1.54, 1.807) is 0 Å². The Balaban J connectivity index is 4.32. The number of carboxylic acids is 1. The third-order valence-electron chi connectivity index (χ3n) is 8.99. The molecule has 0 spiro atoms. The Labute approximate surface area is 332 Å². The molecule has 5 N–H and O–H groups in total. The van der Waals surface area contributed by atoms with E-state index in [0.717, 1.165) is 38.0 Å². The predicted octanol–water partition coefficient (Wildman–Crippen LogP) is 9.79. The van der Waals surface area contributed by atoms with Gasteiger partial charge in [-0.25, -0.2) is 0 Å². The van der Waals surface area contributed by atoms with Gasteiger partial charge in [0.05, 0.1) is 6.10 Å². The lowest BCUT2D eigenvalue weighted by atomic mass is 10.0. The van der Waals surface area contributed by atoms with Crippen molar-refractivity contribution in [2.45, 2.75) is 186 Å². The van der Waals surface area contributed by atoms with Crippen molar-refractivity contribution < 1.29 is 39.2 Å². The van der Waals surface area contributed by atoms with E-state index in [4.69, 9.17) is 20.3 Å². The molecule has 0 aromatic carbocycles. The Morgan fingerprint density at radius 1 is 0.685 bits per heavy atom. The normalized spacial score (nSPS) is 14.4. The molecule has 0 unspecified atom stereocenters. The van der Waals surface area contributed by atoms with Crippen LogP contribution in [0.25, 0.3) is 0 Å². The van der Waals surface area contributed by atoms with Gasteiger partial charge in [0.1, 0.15) is 25.4 Å². The number of aliphatic hydroxyl groups excluding tert-OH is 2. The van der Waals surface area contributed by atoms with Crippen molar-refractivity contribution in [1.29, 1.82) is 0 Å². The highest BCUT2D eigenvalue weighted by molar-refractivity contribution is 8.00. The minimum Gasteiger partial charge on any atom is -0.481 e. The molecule has 0 aromatic heterocycles. The molecular formula is C44H77NO8S. The Morgan fingerprint density at radius 3 is 1.93 bits per heavy atom. The molecule has 0 aliphatic heterocycles. The quantitative estimate of drug-likeness (QED) is 0.0207. The summed E-state index contributed by atoms with van der Waals surface area (Å²) in [4.78, 5) is 35.5. The third-order valence-corrected chi connectivity index (χ3v) is 10.4. The zero-order chi connectivity index (χ0) is 40.1. The van der Waals surface area contributed by atoms with Crippen LogP contribution < -0.4 is 5.73 Å². The van der Waals surface area contributed by atoms with E-state index in [1.807, 2.05) is 30.4 Å². The summed E-state index contributed by atoms with van der Waals surface area (Å²) in [7, 11) is 0. The van der Waals surface area contributed by atoms with Gasteiger partial charge in [-0.15, -0.1) is 11.8 Å². The molecule has 9 nitrogen and oxygen atoms in total. The summed E-state index contributed by atoms with van der Waals surface area (Å²) in [6.45, 7) is 6.16. The van der Waals surface area contributed by atoms with Crippen LogP contribution in [-0.2, 0) is 23.9 Å². The molecule has 54 heavy (non-hydrogen) atoms. The van der Waals surface area contributed by atoms with Gasteiger partial charge in [0.25, 0.3) is 0 Å². The van der Waals surface area contributed by atoms with Gasteiger partial charge in [-0.1, -0.05) is 159 Å². The van der Waals surface area contributed by atoms with Gasteiger partial charge in [-0.2, -0.15) is 0 Å². The van der Waals surface area contributed by atoms with Crippen LogP contribution in [0.15, 0.2) is 48.6 Å². The number of thioether (sulfide) groups is 1. The SMILES string of the molecule is CCCCC/C=C\C\C=C/C=C/C=C/[C@@H](SC[C@H](N)C(=O)OC[C@H](O)COC(=O)CCCCCCCCCCCCCCC(C)C)[C@@H](O)CCCC(=O)O. The van der Waals surface area contributed by atoms with Crippen molar-refractivity contribution in [3.63, 3.8) is 0 Å². The monoisotopic (exact) mass is 780 g/mol. The fraction of sp³-hybridized carbons (Fsp3) is 0.750. The van der Waals surface area contributed by atoms with Crippen LogP contribution in [-0.4, -0.2) is 75.7 Å². The lowest BCUT2D eigenvalue weighted by molar-refractivity contribution is -0.153. The van der Waals surface area contributed by atoms with Crippen molar-refractivity contribution in [2.75, 3.05) is 19.0 Å². The first-order valence-electron chi connectivity index (χ1n) is 21.0. The van der Waals surface area contributed by atoms with E-state index < -0.39 is 35.4 Å². The maximum Gasteiger partial charge on any atom is 0.323 e. The number of allylic oxidation sites excluding steroid dienone is 7. The predicted molar refractivity (Wildman–Crippen MR) is 224 cm³/mol. The van der Waals surface area contributed by atoms with Gasteiger partial charge in [-0.3, -0.25) is 14.4 Å². The summed E-state index contributed by atoms with van der Waals surface area (Å²) in [5.41, 5.74) is 6.06. The second-order valence-corrected chi connectivity index (χ2v) is 16.0. The van der Waals surface area contributed by atoms with Gasteiger partial charge in [-0.05, 0) is 44.4 Å². The summed E-state index contributed by atoms with van der Waals surface area (Å²) in [5.74, 6) is -1.05. The Bertz CT molecular complexity index is 1040. The van der Waals surface area contributed by atoms with E-state index in [9.17, 15) is 24.6 Å². The number of esters is 2. The number of unbranched alkanes of at least 4 members (excludes halogenated alkanes) is 14. The Kier molecular flexibility index (Phi) is 35.9. The van der Waals surface area contributed by atoms with Crippen LogP contribution >= 0.6 is 11.8 Å². The molecule has 0 aliphatic rings. The van der Waals surface area contributed by atoms with Crippen molar-refractivity contribution in [1.82, 2.24) is 0 Å². The number of ether oxygens (including phenoxy) is 2. The highest BCUT2D eigenvalue weighted by Crippen LogP contribution is 2.22. The topological polar surface area (TPSA) is 156 Å². The van der Waals surface area contributed by atoms with Crippen LogP contribution in [0.5, 0.6) is 0 Å². The highest BCUT2D eigenvalue weighted by Gasteiger charge is 2.23. The number of rotatable bonds is 37. The molecule has 0 bridgehead atoms. The number of aliphatic carboxylic acids is 1. The smallest absolute Gasteiger partial charge is 0.323 e. The first-order valence-corrected chi connectivity index (χ1v) is 22.0. The molecule has 0 radical (unpaired) electrons. The molecule has 10 heteroatoms. The molecular weight excluding hydrogens is 703 g/mol. The van der Waals surface area contributed by atoms with E-state index in [-0.39, 0.29) is 37.8 Å². The van der Waals surface area contributed by atoms with Crippen LogP contribution in [0.4, 0.5) is 0 Å². The number of hydrogen-bond donors (Lipinski definition) is 4. The lowest BCUT2D eigenvalue weighted by Crippen LogP contribution is -2.38. The molecule has 0 saturated heterocycles. The lowest BCUT2D eigenvalue weighted by Gasteiger charge is -2.21. The van der Waals surface area contributed by atoms with Crippen LogP contribution in [0.2, 0.25) is 0 Å². The third kappa shape index (κ3) is 35.3. The van der Waals surface area contributed by atoms with Gasteiger partial charge in [0, 0.05) is 23.8 Å². The van der Waals surface area contributed by atoms with Crippen molar-refractivity contribution in [2.24, 2.45) is 11.7 Å². The number of aliphatic hydroxyl groups is 2. The molecule has 0 saturated carbocycles. The summed E-state index contributed by atoms with van der Waals surface area (Å²) >= 11 is 1.27. The summed E-state index contributed by atoms with van der Waals surface area (Å²) in [6.07, 6.45) is 36.2. The van der Waals surface area contributed by atoms with Gasteiger partial charge in [0.15, 0.2) is 0 Å². The highest BCUT2D eigenvalue weighted by atomic mass is 32.2. The fourth-order valence-electron chi connectivity index (χ4n) is 5.65. The van der Waals surface area contributed by atoms with Crippen molar-refractivity contribution in [3.05, 3.63) is 48.6 Å². The molecule has 0 rings (SSSR count). The zero-order valence-corrected chi connectivity index (χ0v) is 34.9. The first-order chi connectivity index (χ1) is 26.1. The number of carbonyl (C=O) groups is 3.